The van der Waals surface area contributed by atoms with Crippen molar-refractivity contribution < 1.29 is 5.11 Å². The van der Waals surface area contributed by atoms with Gasteiger partial charge in [0.2, 0.25) is 0 Å². The average Bonchev–Trinajstić information content (AvgIpc) is 2.97. The molecule has 2 nitrogen and oxygen atoms in total. The van der Waals surface area contributed by atoms with Crippen molar-refractivity contribution in [3.8, 4) is 5.75 Å². The highest BCUT2D eigenvalue weighted by Crippen LogP contribution is 2.33. The van der Waals surface area contributed by atoms with Crippen molar-refractivity contribution in [3.05, 3.63) is 29.1 Å². The van der Waals surface area contributed by atoms with E-state index in [-0.39, 0.29) is 0 Å². The molecule has 0 bridgehead atoms. The molecule has 1 aromatic heterocycles. The van der Waals surface area contributed by atoms with Crippen molar-refractivity contribution in [3.63, 3.8) is 0 Å². The molecule has 1 saturated carbocycles. The van der Waals surface area contributed by atoms with E-state index in [4.69, 9.17) is 0 Å². The van der Waals surface area contributed by atoms with Gasteiger partial charge >= 0.3 is 0 Å². The first kappa shape index (κ1) is 9.19. The van der Waals surface area contributed by atoms with Crippen molar-refractivity contribution >= 4 is 21.4 Å². The van der Waals surface area contributed by atoms with Gasteiger partial charge in [0.15, 0.2) is 0 Å². The number of nitrogens with one attached hydrogen (secondary N) is 1. The summed E-state index contributed by atoms with van der Waals surface area (Å²) in [5.41, 5.74) is 1.30. The van der Waals surface area contributed by atoms with Crippen LogP contribution in [0.25, 0.3) is 10.1 Å². The number of hydrogen-bond acceptors (Lipinski definition) is 3. The van der Waals surface area contributed by atoms with Gasteiger partial charge < -0.3 is 10.4 Å². The predicted octanol–water partition coefficient (Wildman–Crippen LogP) is 2.86. The Morgan fingerprint density at radius 3 is 3.07 bits per heavy atom. The molecule has 1 aliphatic carbocycles. The Labute approximate surface area is 92.6 Å². The summed E-state index contributed by atoms with van der Waals surface area (Å²) in [6, 6.07) is 6.47. The normalized spacial score (nSPS) is 16.0. The number of fused-ring (bicyclic) bond motifs is 1. The fourth-order valence-corrected chi connectivity index (χ4v) is 2.76. The van der Waals surface area contributed by atoms with E-state index in [0.29, 0.717) is 5.75 Å². The quantitative estimate of drug-likeness (QED) is 0.832. The van der Waals surface area contributed by atoms with Gasteiger partial charge in [0.05, 0.1) is 4.70 Å². The molecule has 2 aromatic rings. The standard InChI is InChI=1S/C12H13NOS/c14-11-3-1-2-10-8(7-15-12(10)11)6-13-9-4-5-9/h1-3,7,9,13-14H,4-6H2. The molecule has 0 aliphatic heterocycles. The smallest absolute Gasteiger partial charge is 0.133 e. The summed E-state index contributed by atoms with van der Waals surface area (Å²) in [6.45, 7) is 0.925. The highest BCUT2D eigenvalue weighted by molar-refractivity contribution is 7.17. The van der Waals surface area contributed by atoms with Gasteiger partial charge in [0.1, 0.15) is 5.75 Å². The van der Waals surface area contributed by atoms with Crippen LogP contribution in [-0.2, 0) is 6.54 Å². The molecule has 78 valence electrons. The molecule has 0 unspecified atom stereocenters. The summed E-state index contributed by atoms with van der Waals surface area (Å²) in [5.74, 6) is 0.398. The third-order valence-corrected chi connectivity index (χ3v) is 3.88. The minimum absolute atomic E-state index is 0.398. The van der Waals surface area contributed by atoms with Gasteiger partial charge in [-0.3, -0.25) is 0 Å². The van der Waals surface area contributed by atoms with Gasteiger partial charge in [-0.15, -0.1) is 11.3 Å². The lowest BCUT2D eigenvalue weighted by molar-refractivity contribution is 0.482. The molecule has 1 aliphatic rings. The Kier molecular flexibility index (Phi) is 2.15. The van der Waals surface area contributed by atoms with E-state index in [1.54, 1.807) is 17.4 Å². The number of thiophene rings is 1. The minimum atomic E-state index is 0.398. The summed E-state index contributed by atoms with van der Waals surface area (Å²) in [5, 5.41) is 16.5. The van der Waals surface area contributed by atoms with E-state index in [2.05, 4.69) is 16.8 Å². The summed E-state index contributed by atoms with van der Waals surface area (Å²) >= 11 is 1.62. The van der Waals surface area contributed by atoms with Gasteiger partial charge in [0.25, 0.3) is 0 Å². The molecule has 3 rings (SSSR count). The number of hydrogen-bond donors (Lipinski definition) is 2. The van der Waals surface area contributed by atoms with Crippen LogP contribution in [0, 0.1) is 0 Å². The van der Waals surface area contributed by atoms with E-state index in [9.17, 15) is 5.11 Å². The second kappa shape index (κ2) is 3.51. The first-order chi connectivity index (χ1) is 7.34. The van der Waals surface area contributed by atoms with Crippen molar-refractivity contribution in [2.24, 2.45) is 0 Å². The highest BCUT2D eigenvalue weighted by Gasteiger charge is 2.20. The van der Waals surface area contributed by atoms with Crippen LogP contribution in [0.15, 0.2) is 23.6 Å². The summed E-state index contributed by atoms with van der Waals surface area (Å²) in [7, 11) is 0. The molecular weight excluding hydrogens is 206 g/mol. The first-order valence-corrected chi connectivity index (χ1v) is 6.14. The van der Waals surface area contributed by atoms with Crippen LogP contribution in [0.2, 0.25) is 0 Å². The molecule has 3 heteroatoms. The zero-order chi connectivity index (χ0) is 10.3. The molecule has 15 heavy (non-hydrogen) atoms. The maximum atomic E-state index is 9.66. The minimum Gasteiger partial charge on any atom is -0.506 e. The average molecular weight is 219 g/mol. The van der Waals surface area contributed by atoms with Gasteiger partial charge in [-0.1, -0.05) is 12.1 Å². The van der Waals surface area contributed by atoms with E-state index < -0.39 is 0 Å². The molecule has 0 saturated heterocycles. The van der Waals surface area contributed by atoms with Crippen LogP contribution in [0.5, 0.6) is 5.75 Å². The first-order valence-electron chi connectivity index (χ1n) is 5.26. The molecule has 1 fully saturated rings. The number of phenolic OH excluding ortho intramolecular Hbond substituents is 1. The number of aromatic hydroxyl groups is 1. The van der Waals surface area contributed by atoms with Crippen molar-refractivity contribution in [2.45, 2.75) is 25.4 Å². The van der Waals surface area contributed by atoms with E-state index in [1.807, 2.05) is 6.07 Å². The highest BCUT2D eigenvalue weighted by atomic mass is 32.1. The van der Waals surface area contributed by atoms with Gasteiger partial charge in [-0.25, -0.2) is 0 Å². The number of phenols is 1. The second-order valence-electron chi connectivity index (χ2n) is 4.07. The number of benzene rings is 1. The lowest BCUT2D eigenvalue weighted by atomic mass is 10.1. The summed E-state index contributed by atoms with van der Waals surface area (Å²) < 4.78 is 1.00. The summed E-state index contributed by atoms with van der Waals surface area (Å²) in [6.07, 6.45) is 2.63. The molecular formula is C12H13NOS. The Morgan fingerprint density at radius 1 is 1.40 bits per heavy atom. The van der Waals surface area contributed by atoms with Crippen LogP contribution in [0.1, 0.15) is 18.4 Å². The van der Waals surface area contributed by atoms with E-state index >= 15 is 0 Å². The van der Waals surface area contributed by atoms with Gasteiger partial charge in [0, 0.05) is 18.0 Å². The monoisotopic (exact) mass is 219 g/mol. The van der Waals surface area contributed by atoms with E-state index in [1.165, 1.54) is 23.8 Å². The van der Waals surface area contributed by atoms with E-state index in [0.717, 1.165) is 17.3 Å². The van der Waals surface area contributed by atoms with Crippen LogP contribution in [0.4, 0.5) is 0 Å². The van der Waals surface area contributed by atoms with Crippen LogP contribution >= 0.6 is 11.3 Å². The molecule has 1 aromatic carbocycles. The predicted molar refractivity (Wildman–Crippen MR) is 63.4 cm³/mol. The van der Waals surface area contributed by atoms with Crippen molar-refractivity contribution in [1.29, 1.82) is 0 Å². The Hall–Kier alpha value is -1.06. The van der Waals surface area contributed by atoms with Gasteiger partial charge in [-0.2, -0.15) is 0 Å². The second-order valence-corrected chi connectivity index (χ2v) is 4.95. The molecule has 0 radical (unpaired) electrons. The fourth-order valence-electron chi connectivity index (χ4n) is 1.77. The summed E-state index contributed by atoms with van der Waals surface area (Å²) in [4.78, 5) is 0. The Bertz CT molecular complexity index is 487. The maximum absolute atomic E-state index is 9.66. The third kappa shape index (κ3) is 1.73. The zero-order valence-electron chi connectivity index (χ0n) is 8.36. The third-order valence-electron chi connectivity index (χ3n) is 2.82. The van der Waals surface area contributed by atoms with Crippen LogP contribution in [-0.4, -0.2) is 11.1 Å². The zero-order valence-corrected chi connectivity index (χ0v) is 9.18. The Balaban J connectivity index is 1.92. The lowest BCUT2D eigenvalue weighted by Gasteiger charge is -2.01. The van der Waals surface area contributed by atoms with Gasteiger partial charge in [-0.05, 0) is 29.9 Å². The van der Waals surface area contributed by atoms with Crippen molar-refractivity contribution in [2.75, 3.05) is 0 Å². The molecule has 1 heterocycles. The molecule has 2 N–H and O–H groups in total. The topological polar surface area (TPSA) is 32.3 Å². The largest absolute Gasteiger partial charge is 0.506 e. The SMILES string of the molecule is Oc1cccc2c(CNC3CC3)csc12. The fraction of sp³-hybridized carbons (Fsp3) is 0.333. The molecule has 0 atom stereocenters. The van der Waals surface area contributed by atoms with Crippen molar-refractivity contribution in [1.82, 2.24) is 5.32 Å². The van der Waals surface area contributed by atoms with Crippen LogP contribution in [0.3, 0.4) is 0 Å². The maximum Gasteiger partial charge on any atom is 0.133 e. The number of rotatable bonds is 3. The van der Waals surface area contributed by atoms with Crippen LogP contribution < -0.4 is 5.32 Å². The lowest BCUT2D eigenvalue weighted by Crippen LogP contribution is -2.14. The molecule has 0 amide bonds. The molecule has 0 spiro atoms. The Morgan fingerprint density at radius 2 is 2.27 bits per heavy atom.